The van der Waals surface area contributed by atoms with Crippen molar-refractivity contribution < 1.29 is 22.4 Å². The number of methoxy groups -OCH3 is 1. The standard InChI is InChI=1S/C18H22N2O5S/c1-24-16-4-6-17(7-5-16)26(22,23)19-11-14-3-2-9-20(12-14)18(21)15-8-10-25-13-15/h4-8,10,13-14,19H,2-3,9,11-12H2,1H3/t14-/m1/s1. The van der Waals surface area contributed by atoms with Crippen molar-refractivity contribution >= 4 is 15.9 Å². The SMILES string of the molecule is COc1ccc(S(=O)(=O)NC[C@H]2CCCN(C(=O)c3ccoc3)C2)cc1. The molecule has 0 spiro atoms. The molecule has 0 saturated carbocycles. The molecule has 0 aliphatic carbocycles. The number of piperidine rings is 1. The topological polar surface area (TPSA) is 88.9 Å². The van der Waals surface area contributed by atoms with E-state index >= 15 is 0 Å². The molecule has 1 atom stereocenters. The van der Waals surface area contributed by atoms with Crippen LogP contribution in [0.2, 0.25) is 0 Å². The number of rotatable bonds is 6. The summed E-state index contributed by atoms with van der Waals surface area (Å²) < 4.78 is 37.5. The average molecular weight is 378 g/mol. The fourth-order valence-corrected chi connectivity index (χ4v) is 4.17. The quantitative estimate of drug-likeness (QED) is 0.832. The number of carbonyl (C=O) groups excluding carboxylic acids is 1. The van der Waals surface area contributed by atoms with Crippen molar-refractivity contribution in [1.29, 1.82) is 0 Å². The summed E-state index contributed by atoms with van der Waals surface area (Å²) in [6.45, 7) is 1.49. The van der Waals surface area contributed by atoms with Gasteiger partial charge in [0.15, 0.2) is 0 Å². The van der Waals surface area contributed by atoms with Crippen molar-refractivity contribution in [2.45, 2.75) is 17.7 Å². The van der Waals surface area contributed by atoms with Crippen molar-refractivity contribution in [2.75, 3.05) is 26.7 Å². The van der Waals surface area contributed by atoms with E-state index in [0.29, 0.717) is 30.9 Å². The first-order valence-electron chi connectivity index (χ1n) is 8.45. The minimum absolute atomic E-state index is 0.0765. The van der Waals surface area contributed by atoms with E-state index in [0.717, 1.165) is 12.8 Å². The van der Waals surface area contributed by atoms with Gasteiger partial charge in [-0.05, 0) is 49.1 Å². The van der Waals surface area contributed by atoms with E-state index in [1.54, 1.807) is 23.1 Å². The van der Waals surface area contributed by atoms with E-state index < -0.39 is 10.0 Å². The lowest BCUT2D eigenvalue weighted by Crippen LogP contribution is -2.43. The second kappa shape index (κ2) is 7.92. The molecule has 0 radical (unpaired) electrons. The summed E-state index contributed by atoms with van der Waals surface area (Å²) in [6.07, 6.45) is 4.62. The molecule has 3 rings (SSSR count). The maximum absolute atomic E-state index is 12.4. The van der Waals surface area contributed by atoms with E-state index in [2.05, 4.69) is 4.72 Å². The predicted octanol–water partition coefficient (Wildman–Crippen LogP) is 2.12. The zero-order chi connectivity index (χ0) is 18.6. The Hall–Kier alpha value is -2.32. The number of sulfonamides is 1. The normalized spacial score (nSPS) is 17.9. The van der Waals surface area contributed by atoms with Crippen LogP contribution in [0.5, 0.6) is 5.75 Å². The molecule has 1 saturated heterocycles. The second-order valence-electron chi connectivity index (χ2n) is 6.30. The van der Waals surface area contributed by atoms with Gasteiger partial charge in [-0.25, -0.2) is 13.1 Å². The molecule has 0 unspecified atom stereocenters. The van der Waals surface area contributed by atoms with E-state index in [-0.39, 0.29) is 16.7 Å². The maximum Gasteiger partial charge on any atom is 0.257 e. The first kappa shape index (κ1) is 18.5. The predicted molar refractivity (Wildman–Crippen MR) is 95.5 cm³/mol. The van der Waals surface area contributed by atoms with Crippen LogP contribution in [-0.2, 0) is 10.0 Å². The van der Waals surface area contributed by atoms with Gasteiger partial charge in [0.05, 0.1) is 23.8 Å². The second-order valence-corrected chi connectivity index (χ2v) is 8.07. The van der Waals surface area contributed by atoms with Gasteiger partial charge in [0.1, 0.15) is 12.0 Å². The molecule has 1 aromatic heterocycles. The highest BCUT2D eigenvalue weighted by Crippen LogP contribution is 2.20. The van der Waals surface area contributed by atoms with Gasteiger partial charge in [0, 0.05) is 19.6 Å². The van der Waals surface area contributed by atoms with E-state index in [1.165, 1.54) is 31.8 Å². The number of nitrogens with one attached hydrogen (secondary N) is 1. The van der Waals surface area contributed by atoms with E-state index in [9.17, 15) is 13.2 Å². The molecule has 2 aromatic rings. The van der Waals surface area contributed by atoms with Gasteiger partial charge < -0.3 is 14.1 Å². The monoisotopic (exact) mass is 378 g/mol. The molecule has 1 fully saturated rings. The Labute approximate surface area is 153 Å². The maximum atomic E-state index is 12.4. The van der Waals surface area contributed by atoms with Crippen LogP contribution in [0.15, 0.2) is 52.2 Å². The molecule has 26 heavy (non-hydrogen) atoms. The molecule has 1 aromatic carbocycles. The summed E-state index contributed by atoms with van der Waals surface area (Å²) in [7, 11) is -2.06. The third kappa shape index (κ3) is 4.25. The Balaban J connectivity index is 1.59. The lowest BCUT2D eigenvalue weighted by Gasteiger charge is -2.32. The Morgan fingerprint density at radius 2 is 2.08 bits per heavy atom. The van der Waals surface area contributed by atoms with E-state index in [4.69, 9.17) is 9.15 Å². The Morgan fingerprint density at radius 1 is 1.31 bits per heavy atom. The summed E-state index contributed by atoms with van der Waals surface area (Å²) in [4.78, 5) is 14.4. The van der Waals surface area contributed by atoms with Gasteiger partial charge in [-0.2, -0.15) is 0 Å². The highest BCUT2D eigenvalue weighted by atomic mass is 32.2. The number of amides is 1. The first-order valence-corrected chi connectivity index (χ1v) is 9.93. The first-order chi connectivity index (χ1) is 12.5. The van der Waals surface area contributed by atoms with Gasteiger partial charge in [0.25, 0.3) is 5.91 Å². The minimum atomic E-state index is -3.59. The summed E-state index contributed by atoms with van der Waals surface area (Å²) in [5.74, 6) is 0.596. The van der Waals surface area contributed by atoms with Crippen molar-refractivity contribution in [3.8, 4) is 5.75 Å². The summed E-state index contributed by atoms with van der Waals surface area (Å²) in [6, 6.07) is 7.88. The van der Waals surface area contributed by atoms with Crippen LogP contribution in [0.3, 0.4) is 0 Å². The van der Waals surface area contributed by atoms with Crippen molar-refractivity contribution in [3.63, 3.8) is 0 Å². The number of furan rings is 1. The van der Waals surface area contributed by atoms with Crippen molar-refractivity contribution in [1.82, 2.24) is 9.62 Å². The van der Waals surface area contributed by atoms with Crippen LogP contribution in [0.4, 0.5) is 0 Å². The van der Waals surface area contributed by atoms with Crippen LogP contribution in [-0.4, -0.2) is 46.0 Å². The van der Waals surface area contributed by atoms with Crippen LogP contribution in [0, 0.1) is 5.92 Å². The highest BCUT2D eigenvalue weighted by molar-refractivity contribution is 7.89. The molecule has 1 amide bonds. The molecular formula is C18H22N2O5S. The lowest BCUT2D eigenvalue weighted by atomic mass is 9.98. The van der Waals surface area contributed by atoms with Crippen molar-refractivity contribution in [3.05, 3.63) is 48.4 Å². The average Bonchev–Trinajstić information content (AvgIpc) is 3.21. The molecule has 1 aliphatic rings. The highest BCUT2D eigenvalue weighted by Gasteiger charge is 2.26. The smallest absolute Gasteiger partial charge is 0.257 e. The van der Waals surface area contributed by atoms with Gasteiger partial charge in [-0.3, -0.25) is 4.79 Å². The van der Waals surface area contributed by atoms with Gasteiger partial charge >= 0.3 is 0 Å². The fourth-order valence-electron chi connectivity index (χ4n) is 3.05. The van der Waals surface area contributed by atoms with Crippen LogP contribution < -0.4 is 9.46 Å². The lowest BCUT2D eigenvalue weighted by molar-refractivity contribution is 0.0675. The van der Waals surface area contributed by atoms with Gasteiger partial charge in [-0.1, -0.05) is 0 Å². The summed E-state index contributed by atoms with van der Waals surface area (Å²) in [5.41, 5.74) is 0.518. The fraction of sp³-hybridized carbons (Fsp3) is 0.389. The largest absolute Gasteiger partial charge is 0.497 e. The third-order valence-corrected chi connectivity index (χ3v) is 5.95. The molecule has 1 aliphatic heterocycles. The number of nitrogens with zero attached hydrogens (tertiary/aromatic N) is 1. The Morgan fingerprint density at radius 3 is 2.73 bits per heavy atom. The molecule has 0 bridgehead atoms. The molecule has 8 heteroatoms. The third-order valence-electron chi connectivity index (χ3n) is 4.51. The zero-order valence-corrected chi connectivity index (χ0v) is 15.4. The van der Waals surface area contributed by atoms with Crippen LogP contribution in [0.25, 0.3) is 0 Å². The van der Waals surface area contributed by atoms with Crippen LogP contribution >= 0.6 is 0 Å². The molecule has 2 heterocycles. The van der Waals surface area contributed by atoms with Gasteiger partial charge in [-0.15, -0.1) is 0 Å². The number of hydrogen-bond acceptors (Lipinski definition) is 5. The van der Waals surface area contributed by atoms with E-state index in [1.807, 2.05) is 0 Å². The number of benzene rings is 1. The van der Waals surface area contributed by atoms with Crippen LogP contribution in [0.1, 0.15) is 23.2 Å². The molecule has 1 N–H and O–H groups in total. The summed E-state index contributed by atoms with van der Waals surface area (Å²) >= 11 is 0. The minimum Gasteiger partial charge on any atom is -0.497 e. The van der Waals surface area contributed by atoms with Gasteiger partial charge in [0.2, 0.25) is 10.0 Å². The number of hydrogen-bond donors (Lipinski definition) is 1. The zero-order valence-electron chi connectivity index (χ0n) is 14.6. The number of ether oxygens (including phenoxy) is 1. The molecular weight excluding hydrogens is 356 g/mol. The number of likely N-dealkylation sites (tertiary alicyclic amines) is 1. The Kier molecular flexibility index (Phi) is 5.63. The molecule has 7 nitrogen and oxygen atoms in total. The summed E-state index contributed by atoms with van der Waals surface area (Å²) in [5, 5.41) is 0. The number of carbonyl (C=O) groups is 1. The molecule has 140 valence electrons. The van der Waals surface area contributed by atoms with Crippen molar-refractivity contribution in [2.24, 2.45) is 5.92 Å². The Bertz CT molecular complexity index is 831.